The number of urea groups is 1. The Balaban J connectivity index is 1.40. The molecule has 4 N–H and O–H groups in total. The molecule has 160 valence electrons. The van der Waals surface area contributed by atoms with Crippen LogP contribution in [0.4, 0.5) is 10.5 Å². The van der Waals surface area contributed by atoms with Gasteiger partial charge in [-0.25, -0.2) is 9.78 Å². The highest BCUT2D eigenvalue weighted by Crippen LogP contribution is 2.20. The molecule has 0 aliphatic heterocycles. The van der Waals surface area contributed by atoms with E-state index in [1.807, 2.05) is 37.3 Å². The number of aromatic amines is 1. The zero-order valence-electron chi connectivity index (χ0n) is 17.4. The third kappa shape index (κ3) is 5.28. The first-order valence-electron chi connectivity index (χ1n) is 10.5. The third-order valence-corrected chi connectivity index (χ3v) is 5.38. The Morgan fingerprint density at radius 3 is 2.39 bits per heavy atom. The quantitative estimate of drug-likeness (QED) is 0.489. The van der Waals surface area contributed by atoms with E-state index in [9.17, 15) is 9.59 Å². The number of aromatic nitrogens is 3. The minimum absolute atomic E-state index is 0.0768. The largest absolute Gasteiger partial charge is 0.349 e. The summed E-state index contributed by atoms with van der Waals surface area (Å²) in [5.74, 6) is 1.08. The molecular formula is C23H26N6O2. The Labute approximate surface area is 180 Å². The van der Waals surface area contributed by atoms with Crippen LogP contribution in [0.2, 0.25) is 0 Å². The number of nitrogens with zero attached hydrogens (tertiary/aromatic N) is 2. The molecule has 1 aliphatic rings. The molecule has 3 aromatic rings. The molecule has 1 heterocycles. The molecule has 4 rings (SSSR count). The second-order valence-electron chi connectivity index (χ2n) is 7.75. The van der Waals surface area contributed by atoms with Crippen molar-refractivity contribution in [2.75, 3.05) is 5.32 Å². The van der Waals surface area contributed by atoms with E-state index in [0.29, 0.717) is 22.9 Å². The van der Waals surface area contributed by atoms with Gasteiger partial charge >= 0.3 is 6.03 Å². The Morgan fingerprint density at radius 1 is 1.03 bits per heavy atom. The standard InChI is InChI=1S/C23H26N6O2/c1-15-24-21(29-28-15)20(16-7-3-2-4-8-16)27-23(31)26-19-13-11-17(12-14-19)22(30)25-18-9-5-6-10-18/h2-4,7-8,11-14,18,20H,5-6,9-10H2,1H3,(H,25,30)(H,24,28,29)(H2,26,27,31). The summed E-state index contributed by atoms with van der Waals surface area (Å²) in [4.78, 5) is 29.4. The zero-order valence-corrected chi connectivity index (χ0v) is 17.4. The second-order valence-corrected chi connectivity index (χ2v) is 7.75. The van der Waals surface area contributed by atoms with E-state index in [1.165, 1.54) is 12.8 Å². The van der Waals surface area contributed by atoms with Crippen molar-refractivity contribution in [2.45, 2.75) is 44.7 Å². The fraction of sp³-hybridized carbons (Fsp3) is 0.304. The fourth-order valence-electron chi connectivity index (χ4n) is 3.77. The molecule has 8 nitrogen and oxygen atoms in total. The highest BCUT2D eigenvalue weighted by atomic mass is 16.2. The van der Waals surface area contributed by atoms with Crippen molar-refractivity contribution in [2.24, 2.45) is 0 Å². The number of rotatable bonds is 6. The Bertz CT molecular complexity index is 1030. The number of hydrogen-bond acceptors (Lipinski definition) is 4. The Hall–Kier alpha value is -3.68. The zero-order chi connectivity index (χ0) is 21.6. The lowest BCUT2D eigenvalue weighted by molar-refractivity contribution is 0.0938. The van der Waals surface area contributed by atoms with Gasteiger partial charge in [0.2, 0.25) is 0 Å². The molecule has 0 bridgehead atoms. The first kappa shape index (κ1) is 20.6. The van der Waals surface area contributed by atoms with Crippen LogP contribution in [0, 0.1) is 6.92 Å². The van der Waals surface area contributed by atoms with E-state index in [0.717, 1.165) is 18.4 Å². The smallest absolute Gasteiger partial charge is 0.320 e. The van der Waals surface area contributed by atoms with Crippen molar-refractivity contribution in [1.82, 2.24) is 25.8 Å². The van der Waals surface area contributed by atoms with Gasteiger partial charge in [0.15, 0.2) is 5.82 Å². The molecule has 3 amide bonds. The van der Waals surface area contributed by atoms with E-state index in [4.69, 9.17) is 0 Å². The second kappa shape index (κ2) is 9.42. The van der Waals surface area contributed by atoms with Crippen molar-refractivity contribution in [3.05, 3.63) is 77.4 Å². The van der Waals surface area contributed by atoms with Crippen molar-refractivity contribution in [3.63, 3.8) is 0 Å². The van der Waals surface area contributed by atoms with E-state index >= 15 is 0 Å². The summed E-state index contributed by atoms with van der Waals surface area (Å²) in [5.41, 5.74) is 2.04. The van der Waals surface area contributed by atoms with Gasteiger partial charge in [0.1, 0.15) is 11.9 Å². The average Bonchev–Trinajstić information content (AvgIpc) is 3.45. The number of carbonyl (C=O) groups excluding carboxylic acids is 2. The predicted molar refractivity (Wildman–Crippen MR) is 118 cm³/mol. The van der Waals surface area contributed by atoms with Crippen LogP contribution < -0.4 is 16.0 Å². The monoisotopic (exact) mass is 418 g/mol. The van der Waals surface area contributed by atoms with E-state index in [1.54, 1.807) is 24.3 Å². The van der Waals surface area contributed by atoms with Crippen molar-refractivity contribution < 1.29 is 9.59 Å². The van der Waals surface area contributed by atoms with Gasteiger partial charge in [0.05, 0.1) is 0 Å². The molecule has 0 spiro atoms. The van der Waals surface area contributed by atoms with Gasteiger partial charge < -0.3 is 16.0 Å². The van der Waals surface area contributed by atoms with Crippen LogP contribution in [0.3, 0.4) is 0 Å². The van der Waals surface area contributed by atoms with Gasteiger partial charge in [-0.1, -0.05) is 43.2 Å². The summed E-state index contributed by atoms with van der Waals surface area (Å²) < 4.78 is 0. The Kier molecular flexibility index (Phi) is 6.26. The lowest BCUT2D eigenvalue weighted by atomic mass is 10.1. The lowest BCUT2D eigenvalue weighted by Gasteiger charge is -2.17. The normalized spacial score (nSPS) is 14.7. The summed E-state index contributed by atoms with van der Waals surface area (Å²) >= 11 is 0. The molecule has 1 saturated carbocycles. The first-order valence-corrected chi connectivity index (χ1v) is 10.5. The molecule has 2 aromatic carbocycles. The minimum Gasteiger partial charge on any atom is -0.349 e. The highest BCUT2D eigenvalue weighted by molar-refractivity contribution is 5.95. The molecule has 31 heavy (non-hydrogen) atoms. The maximum absolute atomic E-state index is 12.7. The molecule has 0 radical (unpaired) electrons. The summed E-state index contributed by atoms with van der Waals surface area (Å²) in [6.45, 7) is 1.81. The number of aryl methyl sites for hydroxylation is 1. The number of amides is 3. The van der Waals surface area contributed by atoms with Crippen LogP contribution in [0.15, 0.2) is 54.6 Å². The highest BCUT2D eigenvalue weighted by Gasteiger charge is 2.21. The van der Waals surface area contributed by atoms with E-state index in [-0.39, 0.29) is 18.0 Å². The number of benzene rings is 2. The molecular weight excluding hydrogens is 392 g/mol. The SMILES string of the molecule is Cc1nc(C(NC(=O)Nc2ccc(C(=O)NC3CCCC3)cc2)c2ccccc2)n[nH]1. The first-order chi connectivity index (χ1) is 15.1. The summed E-state index contributed by atoms with van der Waals surface area (Å²) in [6, 6.07) is 15.8. The van der Waals surface area contributed by atoms with Crippen molar-refractivity contribution >= 4 is 17.6 Å². The van der Waals surface area contributed by atoms with Gasteiger partial charge in [0.25, 0.3) is 5.91 Å². The summed E-state index contributed by atoms with van der Waals surface area (Å²) in [5, 5.41) is 15.8. The van der Waals surface area contributed by atoms with Gasteiger partial charge in [-0.3, -0.25) is 9.89 Å². The molecule has 8 heteroatoms. The molecule has 1 fully saturated rings. The maximum atomic E-state index is 12.7. The van der Waals surface area contributed by atoms with Gasteiger partial charge in [-0.05, 0) is 49.6 Å². The molecule has 1 unspecified atom stereocenters. The fourth-order valence-corrected chi connectivity index (χ4v) is 3.77. The van der Waals surface area contributed by atoms with E-state index < -0.39 is 6.04 Å². The Morgan fingerprint density at radius 2 is 1.74 bits per heavy atom. The molecule has 1 atom stereocenters. The minimum atomic E-state index is -0.498. The maximum Gasteiger partial charge on any atom is 0.320 e. The predicted octanol–water partition coefficient (Wildman–Crippen LogP) is 3.70. The van der Waals surface area contributed by atoms with Crippen LogP contribution in [0.1, 0.15) is 59.3 Å². The third-order valence-electron chi connectivity index (χ3n) is 5.38. The van der Waals surface area contributed by atoms with Gasteiger partial charge in [0, 0.05) is 17.3 Å². The number of anilines is 1. The van der Waals surface area contributed by atoms with Crippen LogP contribution in [0.5, 0.6) is 0 Å². The van der Waals surface area contributed by atoms with Crippen molar-refractivity contribution in [3.8, 4) is 0 Å². The molecule has 1 aliphatic carbocycles. The number of H-pyrrole nitrogens is 1. The molecule has 1 aromatic heterocycles. The lowest BCUT2D eigenvalue weighted by Crippen LogP contribution is -2.34. The average molecular weight is 419 g/mol. The topological polar surface area (TPSA) is 112 Å². The summed E-state index contributed by atoms with van der Waals surface area (Å²) in [6.07, 6.45) is 4.41. The van der Waals surface area contributed by atoms with Crippen molar-refractivity contribution in [1.29, 1.82) is 0 Å². The number of hydrogen-bond donors (Lipinski definition) is 4. The van der Waals surface area contributed by atoms with Gasteiger partial charge in [-0.15, -0.1) is 0 Å². The van der Waals surface area contributed by atoms with Crippen LogP contribution in [-0.2, 0) is 0 Å². The molecule has 0 saturated heterocycles. The van der Waals surface area contributed by atoms with E-state index in [2.05, 4.69) is 31.1 Å². The van der Waals surface area contributed by atoms with Crippen LogP contribution in [-0.4, -0.2) is 33.2 Å². The van der Waals surface area contributed by atoms with Crippen LogP contribution in [0.25, 0.3) is 0 Å². The van der Waals surface area contributed by atoms with Gasteiger partial charge in [-0.2, -0.15) is 5.10 Å². The number of nitrogens with one attached hydrogen (secondary N) is 4. The van der Waals surface area contributed by atoms with Crippen LogP contribution >= 0.6 is 0 Å². The summed E-state index contributed by atoms with van der Waals surface area (Å²) in [7, 11) is 0. The number of carbonyl (C=O) groups is 2.